The summed E-state index contributed by atoms with van der Waals surface area (Å²) in [6.45, 7) is 1.49. The number of pyridine rings is 1. The van der Waals surface area contributed by atoms with Gasteiger partial charge in [-0.3, -0.25) is 0 Å². The van der Waals surface area contributed by atoms with Crippen LogP contribution in [0.1, 0.15) is 5.56 Å². The van der Waals surface area contributed by atoms with Crippen molar-refractivity contribution in [3.05, 3.63) is 78.6 Å². The van der Waals surface area contributed by atoms with E-state index in [9.17, 15) is 0 Å². The Balaban J connectivity index is 1.53. The van der Waals surface area contributed by atoms with Crippen LogP contribution in [0.15, 0.2) is 73.1 Å². The third kappa shape index (κ3) is 4.15. The summed E-state index contributed by atoms with van der Waals surface area (Å²) in [7, 11) is 1.61. The van der Waals surface area contributed by atoms with Gasteiger partial charge >= 0.3 is 0 Å². The second-order valence-corrected chi connectivity index (χ2v) is 8.02. The van der Waals surface area contributed by atoms with Crippen LogP contribution in [0.25, 0.3) is 20.7 Å². The van der Waals surface area contributed by atoms with Crippen LogP contribution in [0.2, 0.25) is 0 Å². The van der Waals surface area contributed by atoms with Crippen molar-refractivity contribution in [1.82, 2.24) is 15.0 Å². The number of methoxy groups -OCH3 is 1. The first-order valence-corrected chi connectivity index (χ1v) is 10.6. The molecule has 1 aromatic carbocycles. The average molecular weight is 433 g/mol. The van der Waals surface area contributed by atoms with Crippen molar-refractivity contribution in [1.29, 1.82) is 0 Å². The van der Waals surface area contributed by atoms with E-state index in [1.165, 1.54) is 5.56 Å². The molecule has 0 spiro atoms. The van der Waals surface area contributed by atoms with Crippen molar-refractivity contribution in [3.8, 4) is 16.3 Å². The van der Waals surface area contributed by atoms with Gasteiger partial charge in [0.1, 0.15) is 12.6 Å². The lowest BCUT2D eigenvalue weighted by atomic mass is 10.2. The second-order valence-electron chi connectivity index (χ2n) is 6.97. The first-order chi connectivity index (χ1) is 15.3. The van der Waals surface area contributed by atoms with Crippen molar-refractivity contribution in [3.63, 3.8) is 0 Å². The van der Waals surface area contributed by atoms with Gasteiger partial charge in [-0.2, -0.15) is 0 Å². The molecule has 0 aliphatic carbocycles. The Morgan fingerprint density at radius 2 is 1.97 bits per heavy atom. The van der Waals surface area contributed by atoms with Crippen LogP contribution in [0.3, 0.4) is 0 Å². The van der Waals surface area contributed by atoms with Gasteiger partial charge in [0, 0.05) is 29.2 Å². The molecule has 1 aliphatic heterocycles. The van der Waals surface area contributed by atoms with E-state index in [1.54, 1.807) is 31.0 Å². The van der Waals surface area contributed by atoms with Crippen LogP contribution in [0.5, 0.6) is 5.88 Å². The van der Waals surface area contributed by atoms with Gasteiger partial charge in [0.05, 0.1) is 23.9 Å². The van der Waals surface area contributed by atoms with Gasteiger partial charge in [-0.25, -0.2) is 15.0 Å². The maximum Gasteiger partial charge on any atom is 0.229 e. The topological polar surface area (TPSA) is 69.6 Å². The highest BCUT2D eigenvalue weighted by molar-refractivity contribution is 7.22. The Kier molecular flexibility index (Phi) is 5.37. The molecule has 4 aromatic rings. The highest BCUT2D eigenvalue weighted by atomic mass is 32.1. The molecule has 4 heterocycles. The fourth-order valence-electron chi connectivity index (χ4n) is 3.41. The molecule has 7 nitrogen and oxygen atoms in total. The lowest BCUT2D eigenvalue weighted by molar-refractivity contribution is 0.0797. The lowest BCUT2D eigenvalue weighted by Gasteiger charge is -2.24. The summed E-state index contributed by atoms with van der Waals surface area (Å²) in [6, 6.07) is 16.2. The van der Waals surface area contributed by atoms with Crippen LogP contribution in [0, 0.1) is 0 Å². The van der Waals surface area contributed by atoms with E-state index in [0.717, 1.165) is 32.2 Å². The van der Waals surface area contributed by atoms with Crippen molar-refractivity contribution >= 4 is 27.4 Å². The number of thiophene rings is 1. The fraction of sp³-hybridized carbons (Fsp3) is 0.174. The Bertz CT molecular complexity index is 1210. The molecule has 0 amide bonds. The summed E-state index contributed by atoms with van der Waals surface area (Å²) in [5, 5.41) is 0. The maximum atomic E-state index is 5.59. The third-order valence-electron chi connectivity index (χ3n) is 4.91. The quantitative estimate of drug-likeness (QED) is 0.422. The minimum Gasteiger partial charge on any atom is -0.481 e. The number of benzene rings is 1. The predicted octanol–water partition coefficient (Wildman–Crippen LogP) is 4.61. The van der Waals surface area contributed by atoms with Gasteiger partial charge in [0.2, 0.25) is 12.7 Å². The lowest BCUT2D eigenvalue weighted by Crippen LogP contribution is -2.26. The molecule has 1 aliphatic rings. The van der Waals surface area contributed by atoms with E-state index in [-0.39, 0.29) is 6.79 Å². The van der Waals surface area contributed by atoms with Gasteiger partial charge in [-0.1, -0.05) is 30.3 Å². The fourth-order valence-corrected chi connectivity index (χ4v) is 4.53. The Hall–Kier alpha value is -3.65. The number of hydrogen-bond donors (Lipinski definition) is 0. The standard InChI is InChI=1S/C23H20N4O3S/c1-28-21-8-7-17(10-24-21)20-9-19-22(31-20)23(26-14-25-19)27(12-18-13-29-15-30-18)11-16-5-3-2-4-6-16/h2-10,13-14H,11-12,15H2,1H3. The van der Waals surface area contributed by atoms with Crippen LogP contribution in [0.4, 0.5) is 5.82 Å². The smallest absolute Gasteiger partial charge is 0.229 e. The maximum absolute atomic E-state index is 5.59. The van der Waals surface area contributed by atoms with Crippen molar-refractivity contribution < 1.29 is 14.2 Å². The van der Waals surface area contributed by atoms with E-state index >= 15 is 0 Å². The molecule has 0 saturated carbocycles. The highest BCUT2D eigenvalue weighted by Gasteiger charge is 2.20. The van der Waals surface area contributed by atoms with E-state index in [0.29, 0.717) is 19.0 Å². The summed E-state index contributed by atoms with van der Waals surface area (Å²) in [6.07, 6.45) is 5.09. The molecule has 3 aromatic heterocycles. The number of rotatable bonds is 7. The SMILES string of the molecule is COc1ccc(-c2cc3ncnc(N(CC4=COCO4)Cc4ccccc4)c3s2)cn1. The molecule has 0 saturated heterocycles. The van der Waals surface area contributed by atoms with Crippen molar-refractivity contribution in [2.45, 2.75) is 6.54 Å². The van der Waals surface area contributed by atoms with E-state index in [1.807, 2.05) is 36.5 Å². The molecule has 0 fully saturated rings. The number of aromatic nitrogens is 3. The van der Waals surface area contributed by atoms with Crippen molar-refractivity contribution in [2.24, 2.45) is 0 Å². The number of ether oxygens (including phenoxy) is 3. The molecule has 0 atom stereocenters. The minimum atomic E-state index is 0.251. The molecule has 5 rings (SSSR count). The first kappa shape index (κ1) is 19.3. The number of nitrogens with zero attached hydrogens (tertiary/aromatic N) is 4. The molecule has 156 valence electrons. The highest BCUT2D eigenvalue weighted by Crippen LogP contribution is 2.37. The van der Waals surface area contributed by atoms with E-state index < -0.39 is 0 Å². The largest absolute Gasteiger partial charge is 0.481 e. The van der Waals surface area contributed by atoms with Gasteiger partial charge < -0.3 is 19.1 Å². The summed E-state index contributed by atoms with van der Waals surface area (Å²) in [4.78, 5) is 16.7. The van der Waals surface area contributed by atoms with Crippen LogP contribution < -0.4 is 9.64 Å². The Labute approximate surface area is 183 Å². The third-order valence-corrected chi connectivity index (χ3v) is 6.08. The Morgan fingerprint density at radius 1 is 1.06 bits per heavy atom. The van der Waals surface area contributed by atoms with Crippen LogP contribution in [-0.4, -0.2) is 35.4 Å². The zero-order valence-corrected chi connectivity index (χ0v) is 17.7. The van der Waals surface area contributed by atoms with Crippen molar-refractivity contribution in [2.75, 3.05) is 25.3 Å². The molecular weight excluding hydrogens is 412 g/mol. The van der Waals surface area contributed by atoms with E-state index in [4.69, 9.17) is 14.2 Å². The first-order valence-electron chi connectivity index (χ1n) is 9.77. The van der Waals surface area contributed by atoms with Crippen LogP contribution in [-0.2, 0) is 16.0 Å². The normalized spacial score (nSPS) is 12.9. The average Bonchev–Trinajstić information content (AvgIpc) is 3.49. The van der Waals surface area contributed by atoms with Crippen LogP contribution >= 0.6 is 11.3 Å². The summed E-state index contributed by atoms with van der Waals surface area (Å²) >= 11 is 1.65. The zero-order chi connectivity index (χ0) is 21.0. The Morgan fingerprint density at radius 3 is 2.71 bits per heavy atom. The van der Waals surface area contributed by atoms with Gasteiger partial charge in [-0.15, -0.1) is 11.3 Å². The summed E-state index contributed by atoms with van der Waals surface area (Å²) in [5.74, 6) is 2.23. The van der Waals surface area contributed by atoms with Gasteiger partial charge in [-0.05, 0) is 17.7 Å². The van der Waals surface area contributed by atoms with E-state index in [2.05, 4.69) is 38.1 Å². The minimum absolute atomic E-state index is 0.251. The molecule has 0 N–H and O–H groups in total. The number of fused-ring (bicyclic) bond motifs is 1. The number of hydrogen-bond acceptors (Lipinski definition) is 8. The monoisotopic (exact) mass is 432 g/mol. The predicted molar refractivity (Wildman–Crippen MR) is 120 cm³/mol. The molecular formula is C23H20N4O3S. The molecule has 0 unspecified atom stereocenters. The summed E-state index contributed by atoms with van der Waals surface area (Å²) in [5.41, 5.74) is 3.10. The van der Waals surface area contributed by atoms with Gasteiger partial charge in [0.25, 0.3) is 0 Å². The zero-order valence-electron chi connectivity index (χ0n) is 16.9. The number of anilines is 1. The van der Waals surface area contributed by atoms with Gasteiger partial charge in [0.15, 0.2) is 11.6 Å². The second kappa shape index (κ2) is 8.61. The molecule has 31 heavy (non-hydrogen) atoms. The molecule has 8 heteroatoms. The summed E-state index contributed by atoms with van der Waals surface area (Å²) < 4.78 is 17.0. The molecule has 0 bridgehead atoms. The molecule has 0 radical (unpaired) electrons.